The van der Waals surface area contributed by atoms with E-state index in [2.05, 4.69) is 35.1 Å². The van der Waals surface area contributed by atoms with Crippen LogP contribution in [0.3, 0.4) is 0 Å². The molecule has 0 fully saturated rings. The summed E-state index contributed by atoms with van der Waals surface area (Å²) < 4.78 is 2.15. The van der Waals surface area contributed by atoms with Crippen LogP contribution in [0.2, 0.25) is 5.02 Å². The predicted octanol–water partition coefficient (Wildman–Crippen LogP) is 4.35. The molecule has 0 radical (unpaired) electrons. The molecule has 0 saturated carbocycles. The maximum absolute atomic E-state index is 11.9. The number of hydrogen-bond acceptors (Lipinski definition) is 1. The van der Waals surface area contributed by atoms with Gasteiger partial charge in [-0.2, -0.15) is 0 Å². The Morgan fingerprint density at radius 3 is 2.70 bits per heavy atom. The van der Waals surface area contributed by atoms with Gasteiger partial charge in [0, 0.05) is 34.7 Å². The van der Waals surface area contributed by atoms with Gasteiger partial charge in [-0.1, -0.05) is 24.6 Å². The van der Waals surface area contributed by atoms with Gasteiger partial charge in [0.25, 0.3) is 0 Å². The molecule has 0 aliphatic carbocycles. The van der Waals surface area contributed by atoms with Crippen LogP contribution in [0.15, 0.2) is 30.3 Å². The summed E-state index contributed by atoms with van der Waals surface area (Å²) >= 11 is 6.09. The van der Waals surface area contributed by atoms with Gasteiger partial charge in [-0.25, -0.2) is 4.79 Å². The summed E-state index contributed by atoms with van der Waals surface area (Å²) in [6.45, 7) is 8.64. The average Bonchev–Trinajstić information content (AvgIpc) is 2.79. The molecule has 1 aromatic heterocycles. The quantitative estimate of drug-likeness (QED) is 0.839. The van der Waals surface area contributed by atoms with Crippen molar-refractivity contribution in [2.45, 2.75) is 46.7 Å². The molecule has 2 amide bonds. The number of carbonyl (C=O) groups is 1. The molecule has 0 bridgehead atoms. The third-order valence-electron chi connectivity index (χ3n) is 4.03. The Balaban J connectivity index is 2.13. The van der Waals surface area contributed by atoms with Gasteiger partial charge < -0.3 is 15.2 Å². The van der Waals surface area contributed by atoms with Crippen LogP contribution in [0.4, 0.5) is 4.79 Å². The number of halogens is 1. The smallest absolute Gasteiger partial charge is 0.315 e. The van der Waals surface area contributed by atoms with Crippen molar-refractivity contribution in [1.82, 2.24) is 15.2 Å². The van der Waals surface area contributed by atoms with Crippen molar-refractivity contribution in [3.8, 4) is 5.69 Å². The van der Waals surface area contributed by atoms with Crippen molar-refractivity contribution in [3.05, 3.63) is 52.3 Å². The minimum atomic E-state index is -0.132. The fourth-order valence-corrected chi connectivity index (χ4v) is 2.76. The van der Waals surface area contributed by atoms with E-state index in [1.54, 1.807) is 0 Å². The van der Waals surface area contributed by atoms with Crippen molar-refractivity contribution in [2.75, 3.05) is 0 Å². The highest BCUT2D eigenvalue weighted by molar-refractivity contribution is 6.30. The van der Waals surface area contributed by atoms with Gasteiger partial charge in [-0.05, 0) is 57.0 Å². The van der Waals surface area contributed by atoms with Gasteiger partial charge in [0.05, 0.1) is 0 Å². The highest BCUT2D eigenvalue weighted by Gasteiger charge is 2.12. The average molecular weight is 334 g/mol. The lowest BCUT2D eigenvalue weighted by molar-refractivity contribution is 0.237. The van der Waals surface area contributed by atoms with Gasteiger partial charge in [-0.15, -0.1) is 0 Å². The Morgan fingerprint density at radius 2 is 2.04 bits per heavy atom. The van der Waals surface area contributed by atoms with Gasteiger partial charge in [0.15, 0.2) is 0 Å². The van der Waals surface area contributed by atoms with Gasteiger partial charge >= 0.3 is 6.03 Å². The van der Waals surface area contributed by atoms with Crippen LogP contribution in [-0.2, 0) is 6.54 Å². The van der Waals surface area contributed by atoms with Crippen LogP contribution in [0.5, 0.6) is 0 Å². The van der Waals surface area contributed by atoms with Crippen molar-refractivity contribution < 1.29 is 4.79 Å². The Kier molecular flexibility index (Phi) is 5.72. The number of aromatic nitrogens is 1. The maximum Gasteiger partial charge on any atom is 0.315 e. The van der Waals surface area contributed by atoms with E-state index in [4.69, 9.17) is 11.6 Å². The largest absolute Gasteiger partial charge is 0.336 e. The maximum atomic E-state index is 11.9. The van der Waals surface area contributed by atoms with Crippen LogP contribution >= 0.6 is 11.6 Å². The van der Waals surface area contributed by atoms with E-state index in [0.29, 0.717) is 11.6 Å². The van der Waals surface area contributed by atoms with Crippen molar-refractivity contribution in [2.24, 2.45) is 0 Å². The van der Waals surface area contributed by atoms with Gasteiger partial charge in [-0.3, -0.25) is 0 Å². The number of rotatable bonds is 5. The lowest BCUT2D eigenvalue weighted by Gasteiger charge is -2.13. The topological polar surface area (TPSA) is 46.1 Å². The first-order valence-electron chi connectivity index (χ1n) is 7.90. The van der Waals surface area contributed by atoms with Crippen LogP contribution < -0.4 is 10.6 Å². The number of amides is 2. The molecule has 0 aliphatic heterocycles. The number of carbonyl (C=O) groups excluding carboxylic acids is 1. The van der Waals surface area contributed by atoms with E-state index in [-0.39, 0.29) is 12.1 Å². The van der Waals surface area contributed by atoms with Crippen LogP contribution in [-0.4, -0.2) is 16.6 Å². The summed E-state index contributed by atoms with van der Waals surface area (Å²) in [7, 11) is 0. The Hall–Kier alpha value is -1.94. The molecule has 1 aromatic carbocycles. The number of aryl methyl sites for hydroxylation is 1. The molecule has 1 atom stereocenters. The van der Waals surface area contributed by atoms with E-state index >= 15 is 0 Å². The monoisotopic (exact) mass is 333 g/mol. The number of nitrogens with one attached hydrogen (secondary N) is 2. The van der Waals surface area contributed by atoms with E-state index in [1.165, 1.54) is 0 Å². The fraction of sp³-hybridized carbons (Fsp3) is 0.389. The number of nitrogens with zero attached hydrogens (tertiary/aromatic N) is 1. The highest BCUT2D eigenvalue weighted by atomic mass is 35.5. The summed E-state index contributed by atoms with van der Waals surface area (Å²) in [5, 5.41) is 6.54. The molecule has 0 saturated heterocycles. The zero-order valence-electron chi connectivity index (χ0n) is 14.1. The molecule has 5 heteroatoms. The lowest BCUT2D eigenvalue weighted by atomic mass is 10.2. The fourth-order valence-electron chi connectivity index (χ4n) is 2.57. The van der Waals surface area contributed by atoms with Crippen LogP contribution in [0.1, 0.15) is 37.2 Å². The summed E-state index contributed by atoms with van der Waals surface area (Å²) in [5.74, 6) is 0. The molecule has 124 valence electrons. The molecule has 2 N–H and O–H groups in total. The van der Waals surface area contributed by atoms with E-state index in [0.717, 1.165) is 29.1 Å². The lowest BCUT2D eigenvalue weighted by Crippen LogP contribution is -2.40. The first kappa shape index (κ1) is 17.4. The van der Waals surface area contributed by atoms with Crippen molar-refractivity contribution in [1.29, 1.82) is 0 Å². The van der Waals surface area contributed by atoms with Crippen LogP contribution in [0.25, 0.3) is 5.69 Å². The summed E-state index contributed by atoms with van der Waals surface area (Å²) in [6.07, 6.45) is 0.913. The highest BCUT2D eigenvalue weighted by Crippen LogP contribution is 2.22. The van der Waals surface area contributed by atoms with Gasteiger partial charge in [0.2, 0.25) is 0 Å². The van der Waals surface area contributed by atoms with E-state index < -0.39 is 0 Å². The van der Waals surface area contributed by atoms with Crippen molar-refractivity contribution >= 4 is 17.6 Å². The zero-order valence-corrected chi connectivity index (χ0v) is 14.9. The minimum Gasteiger partial charge on any atom is -0.336 e. The summed E-state index contributed by atoms with van der Waals surface area (Å²) in [5.41, 5.74) is 4.35. The normalized spacial score (nSPS) is 12.0. The second-order valence-electron chi connectivity index (χ2n) is 5.85. The van der Waals surface area contributed by atoms with E-state index in [9.17, 15) is 4.79 Å². The van der Waals surface area contributed by atoms with Gasteiger partial charge in [0.1, 0.15) is 0 Å². The van der Waals surface area contributed by atoms with Crippen LogP contribution in [0, 0.1) is 13.8 Å². The molecule has 23 heavy (non-hydrogen) atoms. The van der Waals surface area contributed by atoms with E-state index in [1.807, 2.05) is 38.1 Å². The molecule has 0 aliphatic rings. The summed E-state index contributed by atoms with van der Waals surface area (Å²) in [4.78, 5) is 11.9. The Morgan fingerprint density at radius 1 is 1.30 bits per heavy atom. The SMILES string of the molecule is CC[C@@H](C)NC(=O)NCc1cc(C)n(-c2cccc(Cl)c2)c1C. The Labute approximate surface area is 142 Å². The number of urea groups is 1. The molecule has 2 aromatic rings. The third kappa shape index (κ3) is 4.29. The standard InChI is InChI=1S/C18H24ClN3O/c1-5-12(2)21-18(23)20-11-15-9-13(3)22(14(15)4)17-8-6-7-16(19)10-17/h6-10,12H,5,11H2,1-4H3,(H2,20,21,23)/t12-/m1/s1. The summed E-state index contributed by atoms with van der Waals surface area (Å²) in [6, 6.07) is 9.91. The third-order valence-corrected chi connectivity index (χ3v) is 4.27. The molecular formula is C18H24ClN3O. The molecule has 0 spiro atoms. The molecule has 2 rings (SSSR count). The molecule has 0 unspecified atom stereocenters. The zero-order chi connectivity index (χ0) is 17.0. The Bertz CT molecular complexity index is 694. The second kappa shape index (κ2) is 7.55. The number of hydrogen-bond donors (Lipinski definition) is 2. The first-order valence-corrected chi connectivity index (χ1v) is 8.28. The predicted molar refractivity (Wildman–Crippen MR) is 95.4 cm³/mol. The van der Waals surface area contributed by atoms with Crippen molar-refractivity contribution in [3.63, 3.8) is 0 Å². The molecular weight excluding hydrogens is 310 g/mol. The molecule has 1 heterocycles. The number of benzene rings is 1. The second-order valence-corrected chi connectivity index (χ2v) is 6.28. The first-order chi connectivity index (χ1) is 10.9. The molecule has 4 nitrogen and oxygen atoms in total. The minimum absolute atomic E-state index is 0.132.